The molecule has 0 radical (unpaired) electrons. The number of hydrogen-bond donors (Lipinski definition) is 4. The molecule has 21 heavy (non-hydrogen) atoms. The van der Waals surface area contributed by atoms with Crippen molar-refractivity contribution in [2.24, 2.45) is 0 Å². The second kappa shape index (κ2) is 5.41. The van der Waals surface area contributed by atoms with Gasteiger partial charge in [0.2, 0.25) is 0 Å². The normalized spacial score (nSPS) is 10.1. The van der Waals surface area contributed by atoms with Crippen molar-refractivity contribution in [2.45, 2.75) is 0 Å². The Hall–Kier alpha value is -3.23. The van der Waals surface area contributed by atoms with Crippen LogP contribution in [0, 0.1) is 5.82 Å². The van der Waals surface area contributed by atoms with Crippen LogP contribution in [0.3, 0.4) is 0 Å². The topological polar surface area (TPSA) is 132 Å². The van der Waals surface area contributed by atoms with Gasteiger partial charge in [-0.15, -0.1) is 0 Å². The van der Waals surface area contributed by atoms with Crippen molar-refractivity contribution in [1.82, 2.24) is 9.97 Å². The van der Waals surface area contributed by atoms with E-state index in [-0.39, 0.29) is 11.4 Å². The molecular weight excluding hydrogens is 285 g/mol. The largest absolute Gasteiger partial charge is 0.478 e. The van der Waals surface area contributed by atoms with Gasteiger partial charge in [-0.2, -0.15) is 0 Å². The van der Waals surface area contributed by atoms with Crippen LogP contribution >= 0.6 is 0 Å². The Labute approximate surface area is 116 Å². The van der Waals surface area contributed by atoms with Crippen LogP contribution in [0.1, 0.15) is 31.3 Å². The molecule has 0 saturated carbocycles. The summed E-state index contributed by atoms with van der Waals surface area (Å²) in [6.07, 6.45) is 1.03. The Morgan fingerprint density at radius 3 is 2.52 bits per heavy atom. The minimum absolute atomic E-state index is 0.00172. The maximum absolute atomic E-state index is 13.2. The Bertz CT molecular complexity index is 740. The maximum atomic E-state index is 13.2. The van der Waals surface area contributed by atoms with Gasteiger partial charge in [0.25, 0.3) is 5.91 Å². The molecule has 108 valence electrons. The van der Waals surface area contributed by atoms with Crippen molar-refractivity contribution >= 4 is 23.5 Å². The number of aromatic amines is 1. The standard InChI is InChI=1S/C12H8FN3O5/c13-7-2-1-5(3-6(7)11(18)19)16-10(17)8-9(12(20)21)15-4-14-8/h1-4H,(H,14,15)(H,16,17)(H,18,19)(H,20,21). The van der Waals surface area contributed by atoms with Gasteiger partial charge in [-0.1, -0.05) is 0 Å². The molecule has 0 unspecified atom stereocenters. The second-order valence-electron chi connectivity index (χ2n) is 3.89. The Balaban J connectivity index is 2.28. The molecule has 1 aromatic carbocycles. The summed E-state index contributed by atoms with van der Waals surface area (Å²) in [5.41, 5.74) is -1.40. The van der Waals surface area contributed by atoms with E-state index in [1.54, 1.807) is 0 Å². The van der Waals surface area contributed by atoms with Crippen molar-refractivity contribution in [2.75, 3.05) is 5.32 Å². The van der Waals surface area contributed by atoms with Crippen molar-refractivity contribution in [3.63, 3.8) is 0 Å². The van der Waals surface area contributed by atoms with E-state index in [0.29, 0.717) is 0 Å². The fourth-order valence-corrected chi connectivity index (χ4v) is 1.59. The number of hydrogen-bond acceptors (Lipinski definition) is 4. The van der Waals surface area contributed by atoms with Gasteiger partial charge >= 0.3 is 11.9 Å². The number of carboxylic acids is 2. The fourth-order valence-electron chi connectivity index (χ4n) is 1.59. The molecule has 2 rings (SSSR count). The predicted octanol–water partition coefficient (Wildman–Crippen LogP) is 1.20. The highest BCUT2D eigenvalue weighted by Crippen LogP contribution is 2.16. The van der Waals surface area contributed by atoms with E-state index in [9.17, 15) is 18.8 Å². The average Bonchev–Trinajstić information content (AvgIpc) is 2.90. The van der Waals surface area contributed by atoms with Gasteiger partial charge in [-0.25, -0.2) is 19.0 Å². The monoisotopic (exact) mass is 293 g/mol. The summed E-state index contributed by atoms with van der Waals surface area (Å²) in [4.78, 5) is 39.4. The Morgan fingerprint density at radius 1 is 1.19 bits per heavy atom. The number of benzene rings is 1. The van der Waals surface area contributed by atoms with Crippen molar-refractivity contribution in [3.8, 4) is 0 Å². The molecule has 9 heteroatoms. The summed E-state index contributed by atoms with van der Waals surface area (Å²) in [6, 6.07) is 2.94. The van der Waals surface area contributed by atoms with Gasteiger partial charge in [0.1, 0.15) is 5.82 Å². The van der Waals surface area contributed by atoms with E-state index in [1.807, 2.05) is 0 Å². The molecule has 0 aliphatic carbocycles. The van der Waals surface area contributed by atoms with E-state index in [2.05, 4.69) is 15.3 Å². The first-order valence-electron chi connectivity index (χ1n) is 5.51. The molecule has 0 aliphatic heterocycles. The molecule has 1 amide bonds. The first-order chi connectivity index (χ1) is 9.90. The number of anilines is 1. The van der Waals surface area contributed by atoms with Crippen LogP contribution in [0.5, 0.6) is 0 Å². The SMILES string of the molecule is O=C(O)c1cc(NC(=O)c2nc[nH]c2C(=O)O)ccc1F. The lowest BCUT2D eigenvalue weighted by Crippen LogP contribution is -2.17. The number of imidazole rings is 1. The molecule has 0 fully saturated rings. The summed E-state index contributed by atoms with van der Waals surface area (Å²) in [5.74, 6) is -4.68. The van der Waals surface area contributed by atoms with Gasteiger partial charge in [0.15, 0.2) is 11.4 Å². The molecule has 1 aromatic heterocycles. The molecule has 4 N–H and O–H groups in total. The minimum Gasteiger partial charge on any atom is -0.478 e. The van der Waals surface area contributed by atoms with Crippen molar-refractivity contribution in [3.05, 3.63) is 47.3 Å². The van der Waals surface area contributed by atoms with Crippen LogP contribution < -0.4 is 5.32 Å². The second-order valence-corrected chi connectivity index (χ2v) is 3.89. The zero-order chi connectivity index (χ0) is 15.6. The number of aromatic nitrogens is 2. The molecule has 0 saturated heterocycles. The molecule has 8 nitrogen and oxygen atoms in total. The van der Waals surface area contributed by atoms with Gasteiger partial charge < -0.3 is 20.5 Å². The fraction of sp³-hybridized carbons (Fsp3) is 0. The lowest BCUT2D eigenvalue weighted by Gasteiger charge is -2.05. The summed E-state index contributed by atoms with van der Waals surface area (Å²) in [7, 11) is 0. The summed E-state index contributed by atoms with van der Waals surface area (Å²) in [6.45, 7) is 0. The molecule has 2 aromatic rings. The van der Waals surface area contributed by atoms with Gasteiger partial charge in [-0.05, 0) is 18.2 Å². The third-order valence-electron chi connectivity index (χ3n) is 2.52. The zero-order valence-electron chi connectivity index (χ0n) is 10.3. The van der Waals surface area contributed by atoms with Gasteiger partial charge in [0, 0.05) is 5.69 Å². The van der Waals surface area contributed by atoms with Gasteiger partial charge in [0.05, 0.1) is 11.9 Å². The van der Waals surface area contributed by atoms with E-state index >= 15 is 0 Å². The van der Waals surface area contributed by atoms with Crippen LogP contribution in [-0.4, -0.2) is 38.0 Å². The number of carbonyl (C=O) groups excluding carboxylic acids is 1. The van der Waals surface area contributed by atoms with E-state index in [0.717, 1.165) is 24.5 Å². The number of carboxylic acid groups (broad SMARTS) is 2. The molecular formula is C12H8FN3O5. The van der Waals surface area contributed by atoms with Crippen LogP contribution in [0.4, 0.5) is 10.1 Å². The van der Waals surface area contributed by atoms with E-state index in [1.165, 1.54) is 0 Å². The maximum Gasteiger partial charge on any atom is 0.354 e. The number of aromatic carboxylic acids is 2. The Morgan fingerprint density at radius 2 is 1.90 bits per heavy atom. The highest BCUT2D eigenvalue weighted by atomic mass is 19.1. The first kappa shape index (κ1) is 14.2. The van der Waals surface area contributed by atoms with Crippen LogP contribution in [0.15, 0.2) is 24.5 Å². The third-order valence-corrected chi connectivity index (χ3v) is 2.52. The Kier molecular flexibility index (Phi) is 3.65. The molecule has 0 spiro atoms. The van der Waals surface area contributed by atoms with Crippen LogP contribution in [0.25, 0.3) is 0 Å². The first-order valence-corrected chi connectivity index (χ1v) is 5.51. The summed E-state index contributed by atoms with van der Waals surface area (Å²) in [5, 5.41) is 19.9. The van der Waals surface area contributed by atoms with Gasteiger partial charge in [-0.3, -0.25) is 4.79 Å². The lowest BCUT2D eigenvalue weighted by atomic mass is 10.2. The number of halogens is 1. The zero-order valence-corrected chi connectivity index (χ0v) is 10.3. The summed E-state index contributed by atoms with van der Waals surface area (Å²) >= 11 is 0. The average molecular weight is 293 g/mol. The third kappa shape index (κ3) is 2.86. The smallest absolute Gasteiger partial charge is 0.354 e. The summed E-state index contributed by atoms with van der Waals surface area (Å²) < 4.78 is 13.2. The quantitative estimate of drug-likeness (QED) is 0.669. The number of amides is 1. The van der Waals surface area contributed by atoms with E-state index in [4.69, 9.17) is 10.2 Å². The van der Waals surface area contributed by atoms with Crippen LogP contribution in [0.2, 0.25) is 0 Å². The van der Waals surface area contributed by atoms with Crippen molar-refractivity contribution < 1.29 is 29.0 Å². The van der Waals surface area contributed by atoms with Crippen LogP contribution in [-0.2, 0) is 0 Å². The highest BCUT2D eigenvalue weighted by molar-refractivity contribution is 6.08. The van der Waals surface area contributed by atoms with Crippen molar-refractivity contribution in [1.29, 1.82) is 0 Å². The minimum atomic E-state index is -1.49. The molecule has 0 bridgehead atoms. The number of nitrogens with zero attached hydrogens (tertiary/aromatic N) is 1. The number of H-pyrrole nitrogens is 1. The molecule has 1 heterocycles. The molecule has 0 atom stereocenters. The highest BCUT2D eigenvalue weighted by Gasteiger charge is 2.20. The number of rotatable bonds is 4. The predicted molar refractivity (Wildman–Crippen MR) is 66.9 cm³/mol. The lowest BCUT2D eigenvalue weighted by molar-refractivity contribution is 0.0679. The number of carbonyl (C=O) groups is 3. The molecule has 0 aliphatic rings. The number of nitrogens with one attached hydrogen (secondary N) is 2. The van der Waals surface area contributed by atoms with E-state index < -0.39 is 34.9 Å².